The van der Waals surface area contributed by atoms with Crippen LogP contribution in [0.4, 0.5) is 5.69 Å². The Balaban J connectivity index is 1.59. The van der Waals surface area contributed by atoms with Crippen molar-refractivity contribution in [2.24, 2.45) is 0 Å². The van der Waals surface area contributed by atoms with Gasteiger partial charge in [0.1, 0.15) is 0 Å². The predicted molar refractivity (Wildman–Crippen MR) is 100 cm³/mol. The third-order valence-corrected chi connectivity index (χ3v) is 4.72. The molecular formula is C19H20Cl2N2O. The number of hydrogen-bond acceptors (Lipinski definition) is 2. The quantitative estimate of drug-likeness (QED) is 0.816. The van der Waals surface area contributed by atoms with Gasteiger partial charge in [0.2, 0.25) is 5.91 Å². The average Bonchev–Trinajstić information content (AvgIpc) is 2.54. The first-order valence-corrected chi connectivity index (χ1v) is 8.81. The van der Waals surface area contributed by atoms with Gasteiger partial charge in [-0.15, -0.1) is 0 Å². The van der Waals surface area contributed by atoms with Gasteiger partial charge in [-0.2, -0.15) is 0 Å². The second-order valence-corrected chi connectivity index (χ2v) is 7.03. The van der Waals surface area contributed by atoms with Crippen molar-refractivity contribution in [1.29, 1.82) is 0 Å². The zero-order valence-electron chi connectivity index (χ0n) is 13.6. The first-order chi connectivity index (χ1) is 11.5. The Labute approximate surface area is 152 Å². The monoisotopic (exact) mass is 362 g/mol. The summed E-state index contributed by atoms with van der Waals surface area (Å²) in [5.41, 5.74) is 3.27. The first kappa shape index (κ1) is 17.1. The number of carbonyl (C=O) groups is 1. The van der Waals surface area contributed by atoms with Crippen LogP contribution in [0.3, 0.4) is 0 Å². The molecule has 1 amide bonds. The Kier molecular flexibility index (Phi) is 5.32. The lowest BCUT2D eigenvalue weighted by Gasteiger charge is -2.36. The molecule has 0 radical (unpaired) electrons. The van der Waals surface area contributed by atoms with Crippen molar-refractivity contribution in [3.63, 3.8) is 0 Å². The van der Waals surface area contributed by atoms with Gasteiger partial charge in [0.05, 0.1) is 6.42 Å². The molecule has 0 saturated carbocycles. The third-order valence-electron chi connectivity index (χ3n) is 4.28. The normalized spacial score (nSPS) is 14.8. The molecule has 2 aromatic carbocycles. The van der Waals surface area contributed by atoms with Crippen molar-refractivity contribution in [1.82, 2.24) is 4.90 Å². The molecule has 1 aliphatic rings. The van der Waals surface area contributed by atoms with E-state index in [0.29, 0.717) is 16.5 Å². The van der Waals surface area contributed by atoms with Gasteiger partial charge in [-0.25, -0.2) is 0 Å². The Hall–Kier alpha value is -1.71. The van der Waals surface area contributed by atoms with E-state index in [1.807, 2.05) is 42.2 Å². The lowest BCUT2D eigenvalue weighted by molar-refractivity contribution is -0.130. The van der Waals surface area contributed by atoms with Gasteiger partial charge in [-0.05, 0) is 30.7 Å². The van der Waals surface area contributed by atoms with Gasteiger partial charge in [0.15, 0.2) is 0 Å². The number of hydrogen-bond donors (Lipinski definition) is 0. The number of nitrogens with zero attached hydrogens (tertiary/aromatic N) is 2. The molecular weight excluding hydrogens is 343 g/mol. The SMILES string of the molecule is Cc1cccc(CC(=O)N2CCN(c3cc(Cl)cc(Cl)c3)CC2)c1. The summed E-state index contributed by atoms with van der Waals surface area (Å²) in [6.07, 6.45) is 0.463. The Morgan fingerprint density at radius 2 is 1.67 bits per heavy atom. The molecule has 3 nitrogen and oxygen atoms in total. The van der Waals surface area contributed by atoms with Gasteiger partial charge in [0, 0.05) is 41.9 Å². The second-order valence-electron chi connectivity index (χ2n) is 6.16. The fraction of sp³-hybridized carbons (Fsp3) is 0.316. The van der Waals surface area contributed by atoms with E-state index in [0.717, 1.165) is 37.4 Å². The summed E-state index contributed by atoms with van der Waals surface area (Å²) in [6, 6.07) is 13.7. The van der Waals surface area contributed by atoms with Crippen molar-refractivity contribution in [2.45, 2.75) is 13.3 Å². The minimum absolute atomic E-state index is 0.185. The van der Waals surface area contributed by atoms with E-state index in [1.54, 1.807) is 6.07 Å². The lowest BCUT2D eigenvalue weighted by Crippen LogP contribution is -2.49. The molecule has 1 aliphatic heterocycles. The van der Waals surface area contributed by atoms with Gasteiger partial charge >= 0.3 is 0 Å². The summed E-state index contributed by atoms with van der Waals surface area (Å²) in [5, 5.41) is 1.27. The molecule has 1 heterocycles. The van der Waals surface area contributed by atoms with E-state index in [4.69, 9.17) is 23.2 Å². The molecule has 0 aliphatic carbocycles. The number of piperazine rings is 1. The second kappa shape index (κ2) is 7.45. The maximum atomic E-state index is 12.5. The van der Waals surface area contributed by atoms with E-state index in [2.05, 4.69) is 11.0 Å². The van der Waals surface area contributed by atoms with Crippen molar-refractivity contribution in [3.05, 3.63) is 63.6 Å². The molecule has 0 unspecified atom stereocenters. The van der Waals surface area contributed by atoms with Crippen LogP contribution in [0.1, 0.15) is 11.1 Å². The molecule has 126 valence electrons. The van der Waals surface area contributed by atoms with Crippen molar-refractivity contribution in [2.75, 3.05) is 31.1 Å². The molecule has 0 spiro atoms. The van der Waals surface area contributed by atoms with Crippen LogP contribution >= 0.6 is 23.2 Å². The summed E-state index contributed by atoms with van der Waals surface area (Å²) < 4.78 is 0. The largest absolute Gasteiger partial charge is 0.368 e. The van der Waals surface area contributed by atoms with Crippen molar-refractivity contribution in [3.8, 4) is 0 Å². The van der Waals surface area contributed by atoms with Crippen LogP contribution in [0.15, 0.2) is 42.5 Å². The average molecular weight is 363 g/mol. The van der Waals surface area contributed by atoms with Gasteiger partial charge < -0.3 is 9.80 Å². The van der Waals surface area contributed by atoms with Crippen molar-refractivity contribution >= 4 is 34.8 Å². The molecule has 0 bridgehead atoms. The number of benzene rings is 2. The number of anilines is 1. The maximum Gasteiger partial charge on any atom is 0.227 e. The van der Waals surface area contributed by atoms with E-state index >= 15 is 0 Å². The molecule has 0 atom stereocenters. The van der Waals surface area contributed by atoms with Crippen LogP contribution in [0.5, 0.6) is 0 Å². The number of carbonyl (C=O) groups excluding carboxylic acids is 1. The number of aryl methyl sites for hydroxylation is 1. The Bertz CT molecular complexity index is 720. The minimum atomic E-state index is 0.185. The fourth-order valence-electron chi connectivity index (χ4n) is 3.04. The molecule has 5 heteroatoms. The molecule has 0 N–H and O–H groups in total. The van der Waals surface area contributed by atoms with E-state index in [9.17, 15) is 4.79 Å². The Morgan fingerprint density at radius 3 is 2.29 bits per heavy atom. The van der Waals surface area contributed by atoms with Crippen LogP contribution < -0.4 is 4.90 Å². The molecule has 24 heavy (non-hydrogen) atoms. The van der Waals surface area contributed by atoms with Crippen LogP contribution in [-0.4, -0.2) is 37.0 Å². The number of halogens is 2. The van der Waals surface area contributed by atoms with Crippen LogP contribution in [-0.2, 0) is 11.2 Å². The summed E-state index contributed by atoms with van der Waals surface area (Å²) in [5.74, 6) is 0.185. The third kappa shape index (κ3) is 4.22. The molecule has 1 fully saturated rings. The molecule has 1 saturated heterocycles. The summed E-state index contributed by atoms with van der Waals surface area (Å²) in [4.78, 5) is 16.6. The topological polar surface area (TPSA) is 23.6 Å². The zero-order valence-corrected chi connectivity index (χ0v) is 15.1. The first-order valence-electron chi connectivity index (χ1n) is 8.05. The lowest BCUT2D eigenvalue weighted by atomic mass is 10.1. The summed E-state index contributed by atoms with van der Waals surface area (Å²) in [7, 11) is 0. The number of rotatable bonds is 3. The Morgan fingerprint density at radius 1 is 1.00 bits per heavy atom. The van der Waals surface area contributed by atoms with Gasteiger partial charge in [0.25, 0.3) is 0 Å². The zero-order chi connectivity index (χ0) is 17.1. The van der Waals surface area contributed by atoms with Crippen LogP contribution in [0.25, 0.3) is 0 Å². The highest BCUT2D eigenvalue weighted by molar-refractivity contribution is 6.35. The highest BCUT2D eigenvalue weighted by Gasteiger charge is 2.21. The van der Waals surface area contributed by atoms with E-state index in [1.165, 1.54) is 5.56 Å². The highest BCUT2D eigenvalue weighted by Crippen LogP contribution is 2.26. The minimum Gasteiger partial charge on any atom is -0.368 e. The van der Waals surface area contributed by atoms with E-state index in [-0.39, 0.29) is 5.91 Å². The van der Waals surface area contributed by atoms with E-state index < -0.39 is 0 Å². The van der Waals surface area contributed by atoms with Crippen LogP contribution in [0, 0.1) is 6.92 Å². The standard InChI is InChI=1S/C19H20Cl2N2O/c1-14-3-2-4-15(9-14)10-19(24)23-7-5-22(6-8-23)18-12-16(20)11-17(21)13-18/h2-4,9,11-13H,5-8,10H2,1H3. The molecule has 3 rings (SSSR count). The summed E-state index contributed by atoms with van der Waals surface area (Å²) in [6.45, 7) is 5.05. The fourth-order valence-corrected chi connectivity index (χ4v) is 3.56. The number of amides is 1. The molecule has 0 aromatic heterocycles. The molecule has 2 aromatic rings. The highest BCUT2D eigenvalue weighted by atomic mass is 35.5. The summed E-state index contributed by atoms with van der Waals surface area (Å²) >= 11 is 12.2. The predicted octanol–water partition coefficient (Wildman–Crippen LogP) is 4.19. The van der Waals surface area contributed by atoms with Crippen molar-refractivity contribution < 1.29 is 4.79 Å². The van der Waals surface area contributed by atoms with Gasteiger partial charge in [-0.3, -0.25) is 4.79 Å². The smallest absolute Gasteiger partial charge is 0.227 e. The maximum absolute atomic E-state index is 12.5. The van der Waals surface area contributed by atoms with Gasteiger partial charge in [-0.1, -0.05) is 53.0 Å². The van der Waals surface area contributed by atoms with Crippen LogP contribution in [0.2, 0.25) is 10.0 Å².